The Kier molecular flexibility index (Phi) is 3.82. The van der Waals surface area contributed by atoms with E-state index in [0.717, 1.165) is 0 Å². The minimum atomic E-state index is -0.567. The van der Waals surface area contributed by atoms with Crippen molar-refractivity contribution in [1.82, 2.24) is 15.0 Å². The number of aliphatic hydroxyl groups excluding tert-OH is 1. The van der Waals surface area contributed by atoms with Gasteiger partial charge in [-0.05, 0) is 27.7 Å². The molecule has 0 radical (unpaired) electrons. The lowest BCUT2D eigenvalue weighted by Crippen LogP contribution is -2.22. The van der Waals surface area contributed by atoms with Crippen LogP contribution in [-0.4, -0.2) is 32.3 Å². The average molecular weight is 213 g/mol. The van der Waals surface area contributed by atoms with Crippen LogP contribution >= 0.6 is 0 Å². The highest BCUT2D eigenvalue weighted by Gasteiger charge is 2.10. The lowest BCUT2D eigenvalue weighted by Gasteiger charge is -2.19. The Morgan fingerprint density at radius 2 is 2.20 bits per heavy atom. The molecule has 0 aromatic carbocycles. The third kappa shape index (κ3) is 4.40. The van der Waals surface area contributed by atoms with E-state index in [2.05, 4.69) is 10.3 Å². The molecule has 1 unspecified atom stereocenters. The lowest BCUT2D eigenvalue weighted by atomic mass is 10.2. The number of rotatable bonds is 4. The summed E-state index contributed by atoms with van der Waals surface area (Å²) in [5.41, 5.74) is 0.457. The standard InChI is InChI=1S/C10H19N3O2/c1-8(14)9-7-13(12-11-9)5-6-15-10(2,3)4/h7-8,14H,5-6H2,1-4H3. The molecule has 1 rings (SSSR count). The normalized spacial score (nSPS) is 14.2. The number of hydrogen-bond acceptors (Lipinski definition) is 4. The van der Waals surface area contributed by atoms with Gasteiger partial charge in [0.05, 0.1) is 31.1 Å². The number of aliphatic hydroxyl groups is 1. The van der Waals surface area contributed by atoms with Crippen molar-refractivity contribution in [2.24, 2.45) is 0 Å². The van der Waals surface area contributed by atoms with E-state index >= 15 is 0 Å². The average Bonchev–Trinajstić information content (AvgIpc) is 2.50. The van der Waals surface area contributed by atoms with Crippen LogP contribution in [0.5, 0.6) is 0 Å². The summed E-state index contributed by atoms with van der Waals surface area (Å²) >= 11 is 0. The highest BCUT2D eigenvalue weighted by atomic mass is 16.5. The topological polar surface area (TPSA) is 60.2 Å². The Hall–Kier alpha value is -0.940. The second-order valence-corrected chi connectivity index (χ2v) is 4.54. The molecule has 0 aliphatic heterocycles. The predicted molar refractivity (Wildman–Crippen MR) is 56.4 cm³/mol. The van der Waals surface area contributed by atoms with Gasteiger partial charge in [-0.1, -0.05) is 5.21 Å². The molecular formula is C10H19N3O2. The molecule has 0 bridgehead atoms. The van der Waals surface area contributed by atoms with E-state index in [1.165, 1.54) is 0 Å². The summed E-state index contributed by atoms with van der Waals surface area (Å²) in [5, 5.41) is 17.0. The first-order chi connectivity index (χ1) is 6.88. The fraction of sp³-hybridized carbons (Fsp3) is 0.800. The van der Waals surface area contributed by atoms with E-state index in [1.54, 1.807) is 17.8 Å². The summed E-state index contributed by atoms with van der Waals surface area (Å²) in [5.74, 6) is 0. The number of aromatic nitrogens is 3. The Labute approximate surface area is 90.1 Å². The van der Waals surface area contributed by atoms with Crippen LogP contribution in [-0.2, 0) is 11.3 Å². The smallest absolute Gasteiger partial charge is 0.111 e. The molecule has 1 heterocycles. The first-order valence-corrected chi connectivity index (χ1v) is 5.10. The van der Waals surface area contributed by atoms with Crippen LogP contribution in [0.4, 0.5) is 0 Å². The monoisotopic (exact) mass is 213 g/mol. The van der Waals surface area contributed by atoms with E-state index in [9.17, 15) is 5.11 Å². The molecule has 0 saturated heterocycles. The third-order valence-corrected chi connectivity index (χ3v) is 1.84. The van der Waals surface area contributed by atoms with E-state index < -0.39 is 6.10 Å². The van der Waals surface area contributed by atoms with E-state index in [-0.39, 0.29) is 5.60 Å². The van der Waals surface area contributed by atoms with E-state index in [1.807, 2.05) is 20.8 Å². The maximum absolute atomic E-state index is 9.24. The predicted octanol–water partition coefficient (Wildman–Crippen LogP) is 1.15. The molecule has 1 aromatic rings. The zero-order valence-corrected chi connectivity index (χ0v) is 9.77. The second-order valence-electron chi connectivity index (χ2n) is 4.54. The van der Waals surface area contributed by atoms with Gasteiger partial charge >= 0.3 is 0 Å². The summed E-state index contributed by atoms with van der Waals surface area (Å²) < 4.78 is 7.23. The van der Waals surface area contributed by atoms with Crippen LogP contribution in [0.15, 0.2) is 6.20 Å². The Morgan fingerprint density at radius 1 is 1.53 bits per heavy atom. The maximum Gasteiger partial charge on any atom is 0.111 e. The molecule has 0 fully saturated rings. The summed E-state index contributed by atoms with van der Waals surface area (Å²) in [7, 11) is 0. The quantitative estimate of drug-likeness (QED) is 0.815. The first kappa shape index (κ1) is 12.1. The zero-order chi connectivity index (χ0) is 11.5. The molecule has 0 amide bonds. The van der Waals surface area contributed by atoms with Gasteiger partial charge in [-0.3, -0.25) is 0 Å². The van der Waals surface area contributed by atoms with Crippen LogP contribution in [0.2, 0.25) is 0 Å². The summed E-state index contributed by atoms with van der Waals surface area (Å²) in [6.07, 6.45) is 1.17. The van der Waals surface area contributed by atoms with Crippen molar-refractivity contribution in [3.63, 3.8) is 0 Å². The zero-order valence-electron chi connectivity index (χ0n) is 9.77. The second kappa shape index (κ2) is 4.72. The molecule has 1 N–H and O–H groups in total. The third-order valence-electron chi connectivity index (χ3n) is 1.84. The summed E-state index contributed by atoms with van der Waals surface area (Å²) in [4.78, 5) is 0. The van der Waals surface area contributed by atoms with E-state index in [0.29, 0.717) is 18.8 Å². The number of hydrogen-bond donors (Lipinski definition) is 1. The molecule has 5 nitrogen and oxygen atoms in total. The van der Waals surface area contributed by atoms with Gasteiger partial charge < -0.3 is 9.84 Å². The van der Waals surface area contributed by atoms with Crippen LogP contribution in [0.3, 0.4) is 0 Å². The van der Waals surface area contributed by atoms with Crippen LogP contribution in [0, 0.1) is 0 Å². The van der Waals surface area contributed by atoms with Crippen molar-refractivity contribution < 1.29 is 9.84 Å². The molecule has 1 aromatic heterocycles. The van der Waals surface area contributed by atoms with Gasteiger partial charge in [0.25, 0.3) is 0 Å². The first-order valence-electron chi connectivity index (χ1n) is 5.10. The highest BCUT2D eigenvalue weighted by molar-refractivity contribution is 4.95. The van der Waals surface area contributed by atoms with Gasteiger partial charge in [-0.2, -0.15) is 0 Å². The highest BCUT2D eigenvalue weighted by Crippen LogP contribution is 2.08. The number of nitrogens with zero attached hydrogens (tertiary/aromatic N) is 3. The van der Waals surface area contributed by atoms with Gasteiger partial charge in [0.15, 0.2) is 0 Å². The van der Waals surface area contributed by atoms with Crippen LogP contribution in [0.25, 0.3) is 0 Å². The fourth-order valence-electron chi connectivity index (χ4n) is 1.06. The molecular weight excluding hydrogens is 194 g/mol. The van der Waals surface area contributed by atoms with Gasteiger partial charge in [0.2, 0.25) is 0 Å². The van der Waals surface area contributed by atoms with Crippen molar-refractivity contribution >= 4 is 0 Å². The maximum atomic E-state index is 9.24. The molecule has 1 atom stereocenters. The van der Waals surface area contributed by atoms with Crippen molar-refractivity contribution in [2.45, 2.75) is 45.9 Å². The van der Waals surface area contributed by atoms with Crippen molar-refractivity contribution in [2.75, 3.05) is 6.61 Å². The Bertz CT molecular complexity index is 302. The van der Waals surface area contributed by atoms with Crippen molar-refractivity contribution in [3.8, 4) is 0 Å². The molecule has 15 heavy (non-hydrogen) atoms. The molecule has 5 heteroatoms. The van der Waals surface area contributed by atoms with Crippen LogP contribution < -0.4 is 0 Å². The molecule has 0 saturated carbocycles. The number of ether oxygens (including phenoxy) is 1. The van der Waals surface area contributed by atoms with Gasteiger partial charge in [0.1, 0.15) is 5.69 Å². The lowest BCUT2D eigenvalue weighted by molar-refractivity contribution is -0.00806. The molecule has 0 aliphatic carbocycles. The van der Waals surface area contributed by atoms with Gasteiger partial charge in [-0.15, -0.1) is 5.10 Å². The molecule has 86 valence electrons. The largest absolute Gasteiger partial charge is 0.387 e. The van der Waals surface area contributed by atoms with Crippen molar-refractivity contribution in [1.29, 1.82) is 0 Å². The van der Waals surface area contributed by atoms with Crippen LogP contribution in [0.1, 0.15) is 39.5 Å². The van der Waals surface area contributed by atoms with Crippen molar-refractivity contribution in [3.05, 3.63) is 11.9 Å². The molecule has 0 aliphatic rings. The Morgan fingerprint density at radius 3 is 2.67 bits per heavy atom. The van der Waals surface area contributed by atoms with Gasteiger partial charge in [0, 0.05) is 0 Å². The summed E-state index contributed by atoms with van der Waals surface area (Å²) in [6.45, 7) is 8.93. The minimum absolute atomic E-state index is 0.131. The van der Waals surface area contributed by atoms with E-state index in [4.69, 9.17) is 4.74 Å². The fourth-order valence-corrected chi connectivity index (χ4v) is 1.06. The SMILES string of the molecule is CC(O)c1cn(CCOC(C)(C)C)nn1. The van der Waals surface area contributed by atoms with Gasteiger partial charge in [-0.25, -0.2) is 4.68 Å². The Balaban J connectivity index is 2.38. The molecule has 0 spiro atoms. The summed E-state index contributed by atoms with van der Waals surface area (Å²) in [6, 6.07) is 0. The minimum Gasteiger partial charge on any atom is -0.387 e.